The molecule has 2 fully saturated rings. The van der Waals surface area contributed by atoms with E-state index in [0.29, 0.717) is 46.0 Å². The molecule has 15 nitrogen and oxygen atoms in total. The molecule has 0 unspecified atom stereocenters. The Bertz CT molecular complexity index is 2710. The van der Waals surface area contributed by atoms with E-state index in [1.165, 1.54) is 7.11 Å². The molecule has 0 spiro atoms. The van der Waals surface area contributed by atoms with Gasteiger partial charge in [0.05, 0.1) is 59.3 Å². The summed E-state index contributed by atoms with van der Waals surface area (Å²) in [5.74, 6) is 0.259. The average Bonchev–Trinajstić information content (AvgIpc) is 3.95. The molecule has 2 saturated carbocycles. The van der Waals surface area contributed by atoms with Gasteiger partial charge in [-0.25, -0.2) is 23.7 Å². The third kappa shape index (κ3) is 6.37. The number of hydrogen-bond acceptors (Lipinski definition) is 10. The zero-order valence-corrected chi connectivity index (χ0v) is 30.8. The number of carbonyl (C=O) groups is 2. The van der Waals surface area contributed by atoms with Gasteiger partial charge in [-0.3, -0.25) is 9.59 Å². The third-order valence-corrected chi connectivity index (χ3v) is 10.2. The summed E-state index contributed by atoms with van der Waals surface area (Å²) >= 11 is 0. The Hall–Kier alpha value is -6.65. The highest BCUT2D eigenvalue weighted by Gasteiger charge is 2.44. The Morgan fingerprint density at radius 2 is 1.38 bits per heavy atom. The molecule has 286 valence electrons. The minimum atomic E-state index is -1.11. The number of nitrogens with one attached hydrogen (secondary N) is 2. The topological polar surface area (TPSA) is 165 Å². The molecule has 7 aromatic rings. The van der Waals surface area contributed by atoms with Crippen molar-refractivity contribution in [1.29, 1.82) is 0 Å². The molecule has 0 aliphatic heterocycles. The highest BCUT2D eigenvalue weighted by atomic mass is 19.1. The van der Waals surface area contributed by atoms with E-state index in [0.717, 1.165) is 33.1 Å². The standard InChI is InChI=1S/C39H36F2N10O5/c1-19-45-38(54-4)35(28-10-21-12-33(44-17-30(21)50(28)3)48-37(53)23-14-26(23)41)39(46-19)56-8-7-55-31-15-34-42-5-6-51(34)18-24(31)27-9-20-11-32(43-16-29(20)49(27)2)47-36(52)22-13-25(22)40/h5-6,9-12,15-18,22-23,25-26H,7-8,13-14H2,1-4H3,(H,43,47,52)(H,44,48,53)/t22-,23-,25+,26+/m1/s1. The first-order chi connectivity index (χ1) is 27.1. The molecule has 2 N–H and O–H groups in total. The minimum absolute atomic E-state index is 0.104. The fourth-order valence-electron chi connectivity index (χ4n) is 6.95. The van der Waals surface area contributed by atoms with E-state index >= 15 is 0 Å². The maximum absolute atomic E-state index is 13.5. The molecule has 4 atom stereocenters. The molecule has 7 aromatic heterocycles. The van der Waals surface area contributed by atoms with Crippen LogP contribution in [0, 0.1) is 18.8 Å². The fraction of sp³-hybridized carbons (Fsp3) is 0.308. The highest BCUT2D eigenvalue weighted by molar-refractivity contribution is 5.98. The van der Waals surface area contributed by atoms with E-state index in [4.69, 9.17) is 14.2 Å². The van der Waals surface area contributed by atoms with Gasteiger partial charge < -0.3 is 38.4 Å². The summed E-state index contributed by atoms with van der Waals surface area (Å²) in [6.07, 6.45) is 7.05. The van der Waals surface area contributed by atoms with Crippen LogP contribution in [0.15, 0.2) is 61.3 Å². The number of fused-ring (bicyclic) bond motifs is 3. The lowest BCUT2D eigenvalue weighted by Crippen LogP contribution is -2.15. The summed E-state index contributed by atoms with van der Waals surface area (Å²) in [6, 6.07) is 9.23. The maximum Gasteiger partial charge on any atom is 0.231 e. The lowest BCUT2D eigenvalue weighted by atomic mass is 10.1. The second-order valence-electron chi connectivity index (χ2n) is 14.0. The molecule has 0 radical (unpaired) electrons. The molecule has 0 saturated heterocycles. The number of rotatable bonds is 12. The molecule has 0 bridgehead atoms. The molecule has 7 heterocycles. The molecule has 2 aliphatic rings. The van der Waals surface area contributed by atoms with Gasteiger partial charge in [0.25, 0.3) is 0 Å². The quantitative estimate of drug-likeness (QED) is 0.150. The Kier molecular flexibility index (Phi) is 8.50. The van der Waals surface area contributed by atoms with E-state index in [1.54, 1.807) is 37.6 Å². The van der Waals surface area contributed by atoms with Crippen molar-refractivity contribution < 1.29 is 32.6 Å². The number of methoxy groups -OCH3 is 1. The van der Waals surface area contributed by atoms with Crippen molar-refractivity contribution in [3.63, 3.8) is 0 Å². The van der Waals surface area contributed by atoms with Crippen LogP contribution >= 0.6 is 0 Å². The number of aryl methyl sites for hydroxylation is 3. The second-order valence-corrected chi connectivity index (χ2v) is 14.0. The van der Waals surface area contributed by atoms with Gasteiger partial charge in [0.2, 0.25) is 23.6 Å². The number of anilines is 2. The van der Waals surface area contributed by atoms with Gasteiger partial charge in [-0.1, -0.05) is 0 Å². The number of carbonyl (C=O) groups excluding carboxylic acids is 2. The lowest BCUT2D eigenvalue weighted by Gasteiger charge is -2.16. The Morgan fingerprint density at radius 3 is 1.98 bits per heavy atom. The highest BCUT2D eigenvalue weighted by Crippen LogP contribution is 2.40. The largest absolute Gasteiger partial charge is 0.489 e. The van der Waals surface area contributed by atoms with Gasteiger partial charge in [0.1, 0.15) is 60.0 Å². The van der Waals surface area contributed by atoms with E-state index in [2.05, 4.69) is 35.6 Å². The van der Waals surface area contributed by atoms with Crippen LogP contribution in [0.4, 0.5) is 20.4 Å². The van der Waals surface area contributed by atoms with E-state index in [1.807, 2.05) is 58.2 Å². The first kappa shape index (κ1) is 35.1. The van der Waals surface area contributed by atoms with Crippen molar-refractivity contribution in [2.24, 2.45) is 25.9 Å². The molecule has 0 aromatic carbocycles. The Balaban J connectivity index is 0.970. The molecular formula is C39H36F2N10O5. The third-order valence-electron chi connectivity index (χ3n) is 10.2. The normalized spacial score (nSPS) is 18.7. The van der Waals surface area contributed by atoms with Gasteiger partial charge >= 0.3 is 0 Å². The van der Waals surface area contributed by atoms with Crippen LogP contribution in [0.1, 0.15) is 18.7 Å². The van der Waals surface area contributed by atoms with Crippen molar-refractivity contribution in [1.82, 2.24) is 38.5 Å². The fourth-order valence-corrected chi connectivity index (χ4v) is 6.95. The van der Waals surface area contributed by atoms with Crippen LogP contribution in [0.25, 0.3) is 50.0 Å². The number of imidazole rings is 1. The summed E-state index contributed by atoms with van der Waals surface area (Å²) in [5, 5.41) is 7.05. The predicted octanol–water partition coefficient (Wildman–Crippen LogP) is 5.60. The number of aromatic nitrogens is 8. The molecular weight excluding hydrogens is 726 g/mol. The van der Waals surface area contributed by atoms with E-state index in [9.17, 15) is 18.4 Å². The van der Waals surface area contributed by atoms with Crippen LogP contribution in [0.5, 0.6) is 17.5 Å². The number of pyridine rings is 3. The van der Waals surface area contributed by atoms with Gasteiger partial charge in [0, 0.05) is 49.5 Å². The predicted molar refractivity (Wildman–Crippen MR) is 202 cm³/mol. The van der Waals surface area contributed by atoms with Crippen LogP contribution in [-0.4, -0.2) is 82.9 Å². The Labute approximate surface area is 317 Å². The van der Waals surface area contributed by atoms with Crippen LogP contribution in [0.2, 0.25) is 0 Å². The number of amides is 2. The smallest absolute Gasteiger partial charge is 0.231 e. The number of hydrogen-bond donors (Lipinski definition) is 2. The lowest BCUT2D eigenvalue weighted by molar-refractivity contribution is -0.118. The number of alkyl halides is 2. The maximum atomic E-state index is 13.5. The molecule has 17 heteroatoms. The summed E-state index contributed by atoms with van der Waals surface area (Å²) in [7, 11) is 5.31. The second kappa shape index (κ2) is 13.6. The summed E-state index contributed by atoms with van der Waals surface area (Å²) in [4.78, 5) is 47.1. The summed E-state index contributed by atoms with van der Waals surface area (Å²) < 4.78 is 51.1. The van der Waals surface area contributed by atoms with Crippen LogP contribution in [0.3, 0.4) is 0 Å². The van der Waals surface area contributed by atoms with Gasteiger partial charge in [-0.15, -0.1) is 0 Å². The number of nitrogens with zero attached hydrogens (tertiary/aromatic N) is 8. The van der Waals surface area contributed by atoms with Crippen LogP contribution in [-0.2, 0) is 23.7 Å². The van der Waals surface area contributed by atoms with Crippen molar-refractivity contribution in [3.8, 4) is 40.0 Å². The first-order valence-corrected chi connectivity index (χ1v) is 18.0. The van der Waals surface area contributed by atoms with Crippen LogP contribution < -0.4 is 24.8 Å². The van der Waals surface area contributed by atoms with Gasteiger partial charge in [0.15, 0.2) is 0 Å². The number of ether oxygens (including phenoxy) is 3. The van der Waals surface area contributed by atoms with E-state index in [-0.39, 0.29) is 43.7 Å². The minimum Gasteiger partial charge on any atom is -0.489 e. The number of halogens is 2. The zero-order valence-electron chi connectivity index (χ0n) is 30.8. The monoisotopic (exact) mass is 762 g/mol. The summed E-state index contributed by atoms with van der Waals surface area (Å²) in [5.41, 5.74) is 5.08. The SMILES string of the molecule is COc1nc(C)nc(OCCOc2cc3nccn3cc2-c2cc3cc(NC(=O)[C@@H]4C[C@@H]4F)ncc3n2C)c1-c1cc2cc(NC(=O)[C@@H]3C[C@@H]3F)ncc2n1C. The summed E-state index contributed by atoms with van der Waals surface area (Å²) in [6.45, 7) is 1.98. The van der Waals surface area contributed by atoms with Crippen molar-refractivity contribution in [2.45, 2.75) is 32.1 Å². The van der Waals surface area contributed by atoms with Crippen molar-refractivity contribution in [2.75, 3.05) is 31.0 Å². The van der Waals surface area contributed by atoms with Gasteiger partial charge in [-0.2, -0.15) is 9.97 Å². The van der Waals surface area contributed by atoms with Gasteiger partial charge in [-0.05, 0) is 44.0 Å². The van der Waals surface area contributed by atoms with Crippen molar-refractivity contribution in [3.05, 3.63) is 67.1 Å². The first-order valence-electron chi connectivity index (χ1n) is 18.0. The zero-order chi connectivity index (χ0) is 38.8. The Morgan fingerprint density at radius 1 is 0.804 bits per heavy atom. The molecule has 9 rings (SSSR count). The molecule has 2 aliphatic carbocycles. The molecule has 56 heavy (non-hydrogen) atoms. The average molecular weight is 763 g/mol. The van der Waals surface area contributed by atoms with E-state index < -0.39 is 24.2 Å². The molecule has 2 amide bonds. The van der Waals surface area contributed by atoms with Crippen molar-refractivity contribution >= 4 is 50.9 Å².